The minimum Gasteiger partial charge on any atom is -0.237 e. The fraction of sp³-hybridized carbons (Fsp3) is 0.571. The number of rotatable bonds is 1. The van der Waals surface area contributed by atoms with Gasteiger partial charge < -0.3 is 0 Å². The van der Waals surface area contributed by atoms with Crippen molar-refractivity contribution in [3.63, 3.8) is 0 Å². The zero-order valence-corrected chi connectivity index (χ0v) is 6.26. The van der Waals surface area contributed by atoms with Gasteiger partial charge >= 0.3 is 0 Å². The number of hydrogen-bond acceptors (Lipinski definition) is 0. The van der Waals surface area contributed by atoms with Crippen LogP contribution in [0.2, 0.25) is 0 Å². The minimum absolute atomic E-state index is 1.06. The van der Waals surface area contributed by atoms with Gasteiger partial charge in [0.25, 0.3) is 0 Å². The van der Waals surface area contributed by atoms with E-state index in [0.29, 0.717) is 0 Å². The summed E-state index contributed by atoms with van der Waals surface area (Å²) in [6.07, 6.45) is 4.23. The van der Waals surface area contributed by atoms with E-state index < -0.39 is 0 Å². The lowest BCUT2D eigenvalue weighted by molar-refractivity contribution is -0.693. The first kappa shape index (κ1) is 6.33. The Bertz CT molecular complexity index is 181. The summed E-state index contributed by atoms with van der Waals surface area (Å²) in [7, 11) is 2.06. The first-order valence-corrected chi connectivity index (χ1v) is 3.26. The SMILES string of the molecule is CC[n+]1cc(C)n(C)c1. The van der Waals surface area contributed by atoms with Crippen molar-refractivity contribution in [2.45, 2.75) is 20.4 Å². The Hall–Kier alpha value is -0.790. The molecule has 0 saturated carbocycles. The molecule has 0 aromatic carbocycles. The molecule has 0 N–H and O–H groups in total. The van der Waals surface area contributed by atoms with Crippen molar-refractivity contribution in [2.24, 2.45) is 7.05 Å². The van der Waals surface area contributed by atoms with Gasteiger partial charge in [-0.25, -0.2) is 9.13 Å². The van der Waals surface area contributed by atoms with E-state index in [9.17, 15) is 0 Å². The van der Waals surface area contributed by atoms with E-state index in [1.54, 1.807) is 0 Å². The molecule has 1 rings (SSSR count). The lowest BCUT2D eigenvalue weighted by atomic mass is 10.5. The molecule has 0 aliphatic heterocycles. The van der Waals surface area contributed by atoms with Crippen molar-refractivity contribution in [1.82, 2.24) is 4.57 Å². The molecule has 0 radical (unpaired) electrons. The number of nitrogens with zero attached hydrogens (tertiary/aromatic N) is 2. The number of imidazole rings is 1. The van der Waals surface area contributed by atoms with E-state index >= 15 is 0 Å². The maximum absolute atomic E-state index is 2.16. The summed E-state index contributed by atoms with van der Waals surface area (Å²) in [4.78, 5) is 0. The largest absolute Gasteiger partial charge is 0.243 e. The summed E-state index contributed by atoms with van der Waals surface area (Å²) in [5.41, 5.74) is 1.30. The van der Waals surface area contributed by atoms with E-state index in [-0.39, 0.29) is 0 Å². The van der Waals surface area contributed by atoms with Gasteiger partial charge in [0.15, 0.2) is 0 Å². The molecule has 0 aliphatic rings. The molecule has 50 valence electrons. The third-order valence-electron chi connectivity index (χ3n) is 1.60. The fourth-order valence-electron chi connectivity index (χ4n) is 0.851. The van der Waals surface area contributed by atoms with Crippen LogP contribution < -0.4 is 4.57 Å². The molecule has 0 spiro atoms. The van der Waals surface area contributed by atoms with Crippen molar-refractivity contribution in [2.75, 3.05) is 0 Å². The van der Waals surface area contributed by atoms with Crippen LogP contribution in [0, 0.1) is 6.92 Å². The van der Waals surface area contributed by atoms with Crippen LogP contribution in [0.15, 0.2) is 12.5 Å². The Morgan fingerprint density at radius 3 is 2.56 bits per heavy atom. The average Bonchev–Trinajstić information content (AvgIpc) is 2.13. The van der Waals surface area contributed by atoms with Gasteiger partial charge in [0.1, 0.15) is 11.9 Å². The summed E-state index contributed by atoms with van der Waals surface area (Å²) in [6, 6.07) is 0. The molecule has 9 heavy (non-hydrogen) atoms. The predicted octanol–water partition coefficient (Wildman–Crippen LogP) is 0.641. The molecule has 0 unspecified atom stereocenters. The van der Waals surface area contributed by atoms with Crippen molar-refractivity contribution in [3.05, 3.63) is 18.2 Å². The maximum Gasteiger partial charge on any atom is 0.243 e. The summed E-state index contributed by atoms with van der Waals surface area (Å²) in [5.74, 6) is 0. The van der Waals surface area contributed by atoms with Crippen molar-refractivity contribution >= 4 is 0 Å². The van der Waals surface area contributed by atoms with Gasteiger partial charge in [0, 0.05) is 6.92 Å². The van der Waals surface area contributed by atoms with Crippen LogP contribution in [-0.2, 0) is 13.6 Å². The molecule has 0 atom stereocenters. The van der Waals surface area contributed by atoms with Gasteiger partial charge in [0.05, 0.1) is 13.6 Å². The van der Waals surface area contributed by atoms with Crippen LogP contribution in [-0.4, -0.2) is 4.57 Å². The van der Waals surface area contributed by atoms with Crippen LogP contribution in [0.4, 0.5) is 0 Å². The van der Waals surface area contributed by atoms with Crippen LogP contribution >= 0.6 is 0 Å². The Morgan fingerprint density at radius 1 is 1.67 bits per heavy atom. The average molecular weight is 125 g/mol. The van der Waals surface area contributed by atoms with Gasteiger partial charge in [0.2, 0.25) is 6.33 Å². The highest BCUT2D eigenvalue weighted by Crippen LogP contribution is 1.88. The van der Waals surface area contributed by atoms with Gasteiger partial charge in [-0.3, -0.25) is 0 Å². The standard InChI is InChI=1S/C7H13N2/c1-4-9-5-7(2)8(3)6-9/h5-6H,4H2,1-3H3/q+1. The predicted molar refractivity (Wildman–Crippen MR) is 36.0 cm³/mol. The fourth-order valence-corrected chi connectivity index (χ4v) is 0.851. The third kappa shape index (κ3) is 1.12. The quantitative estimate of drug-likeness (QED) is 0.487. The Morgan fingerprint density at radius 2 is 2.33 bits per heavy atom. The van der Waals surface area contributed by atoms with Gasteiger partial charge in [-0.15, -0.1) is 0 Å². The second-order valence-corrected chi connectivity index (χ2v) is 2.33. The van der Waals surface area contributed by atoms with Gasteiger partial charge in [-0.05, 0) is 6.92 Å². The highest BCUT2D eigenvalue weighted by molar-refractivity contribution is 4.86. The molecule has 1 aromatic heterocycles. The molecule has 0 aliphatic carbocycles. The topological polar surface area (TPSA) is 8.81 Å². The lowest BCUT2D eigenvalue weighted by Crippen LogP contribution is -2.28. The molecular formula is C7H13N2+. The summed E-state index contributed by atoms with van der Waals surface area (Å²) < 4.78 is 4.28. The second kappa shape index (κ2) is 2.21. The van der Waals surface area contributed by atoms with Gasteiger partial charge in [-0.2, -0.15) is 0 Å². The number of aryl methyl sites for hydroxylation is 3. The van der Waals surface area contributed by atoms with Gasteiger partial charge in [-0.1, -0.05) is 0 Å². The Balaban J connectivity index is 2.98. The lowest BCUT2D eigenvalue weighted by Gasteiger charge is -1.81. The first-order chi connectivity index (χ1) is 4.24. The highest BCUT2D eigenvalue weighted by Gasteiger charge is 2.00. The van der Waals surface area contributed by atoms with Crippen LogP contribution in [0.25, 0.3) is 0 Å². The summed E-state index contributed by atoms with van der Waals surface area (Å²) in [5, 5.41) is 0. The molecular weight excluding hydrogens is 112 g/mol. The van der Waals surface area contributed by atoms with Crippen LogP contribution in [0.1, 0.15) is 12.6 Å². The zero-order chi connectivity index (χ0) is 6.85. The maximum atomic E-state index is 2.16. The molecule has 1 aromatic rings. The van der Waals surface area contributed by atoms with Crippen molar-refractivity contribution in [3.8, 4) is 0 Å². The van der Waals surface area contributed by atoms with E-state index in [0.717, 1.165) is 6.54 Å². The van der Waals surface area contributed by atoms with Crippen LogP contribution in [0.5, 0.6) is 0 Å². The zero-order valence-electron chi connectivity index (χ0n) is 6.26. The van der Waals surface area contributed by atoms with E-state index in [1.807, 2.05) is 0 Å². The molecule has 2 heteroatoms. The highest BCUT2D eigenvalue weighted by atomic mass is 15.1. The smallest absolute Gasteiger partial charge is 0.237 e. The molecule has 1 heterocycles. The molecule has 0 saturated heterocycles. The molecule has 2 nitrogen and oxygen atoms in total. The van der Waals surface area contributed by atoms with E-state index in [4.69, 9.17) is 0 Å². The summed E-state index contributed by atoms with van der Waals surface area (Å²) in [6.45, 7) is 5.30. The molecule has 0 fully saturated rings. The number of hydrogen-bond donors (Lipinski definition) is 0. The minimum atomic E-state index is 1.06. The third-order valence-corrected chi connectivity index (χ3v) is 1.60. The van der Waals surface area contributed by atoms with Crippen molar-refractivity contribution < 1.29 is 4.57 Å². The Labute approximate surface area is 55.7 Å². The van der Waals surface area contributed by atoms with E-state index in [1.165, 1.54) is 5.69 Å². The van der Waals surface area contributed by atoms with E-state index in [2.05, 4.69) is 42.6 Å². The second-order valence-electron chi connectivity index (χ2n) is 2.33. The monoisotopic (exact) mass is 125 g/mol. The normalized spacial score (nSPS) is 10.1. The number of aromatic nitrogens is 2. The molecule has 0 bridgehead atoms. The summed E-state index contributed by atoms with van der Waals surface area (Å²) >= 11 is 0. The molecule has 0 amide bonds. The van der Waals surface area contributed by atoms with Crippen LogP contribution in [0.3, 0.4) is 0 Å². The first-order valence-electron chi connectivity index (χ1n) is 3.26. The Kier molecular flexibility index (Phi) is 1.56. The van der Waals surface area contributed by atoms with Crippen molar-refractivity contribution in [1.29, 1.82) is 0 Å².